The van der Waals surface area contributed by atoms with Crippen molar-refractivity contribution in [3.8, 4) is 10.4 Å². The third-order valence-electron chi connectivity index (χ3n) is 5.01. The van der Waals surface area contributed by atoms with Gasteiger partial charge in [0, 0.05) is 28.5 Å². The Morgan fingerprint density at radius 3 is 3.00 bits per heavy atom. The normalized spacial score (nSPS) is 19.9. The number of amides is 1. The zero-order valence-electron chi connectivity index (χ0n) is 15.0. The maximum absolute atomic E-state index is 13.6. The van der Waals surface area contributed by atoms with Gasteiger partial charge < -0.3 is 16.4 Å². The number of anilines is 1. The maximum atomic E-state index is 13.6. The van der Waals surface area contributed by atoms with Crippen molar-refractivity contribution in [2.45, 2.75) is 31.8 Å². The number of nitrogens with two attached hydrogens (primary N) is 1. The average Bonchev–Trinajstić information content (AvgIpc) is 3.09. The second kappa shape index (κ2) is 7.25. The van der Waals surface area contributed by atoms with Crippen molar-refractivity contribution in [2.75, 3.05) is 11.9 Å². The Morgan fingerprint density at radius 2 is 2.26 bits per heavy atom. The number of benzene rings is 1. The first-order valence-corrected chi connectivity index (χ1v) is 9.83. The molecule has 1 aliphatic heterocycles. The molecule has 2 unspecified atom stereocenters. The van der Waals surface area contributed by atoms with Gasteiger partial charge in [0.15, 0.2) is 0 Å². The molecule has 0 aliphatic carbocycles. The number of aromatic nitrogens is 1. The van der Waals surface area contributed by atoms with Crippen LogP contribution in [0.2, 0.25) is 0 Å². The van der Waals surface area contributed by atoms with E-state index in [4.69, 9.17) is 5.73 Å². The Hall–Kier alpha value is -2.51. The summed E-state index contributed by atoms with van der Waals surface area (Å²) in [5, 5.41) is 7.83. The second-order valence-corrected chi connectivity index (χ2v) is 7.94. The minimum Gasteiger partial charge on any atom is -0.366 e. The average molecular weight is 384 g/mol. The third-order valence-corrected chi connectivity index (χ3v) is 6.23. The van der Waals surface area contributed by atoms with Crippen molar-refractivity contribution in [1.29, 1.82) is 0 Å². The molecule has 27 heavy (non-hydrogen) atoms. The molecule has 1 aliphatic rings. The molecule has 0 radical (unpaired) electrons. The Labute approximate surface area is 160 Å². The van der Waals surface area contributed by atoms with Gasteiger partial charge in [-0.15, -0.1) is 11.3 Å². The Balaban J connectivity index is 1.80. The van der Waals surface area contributed by atoms with E-state index in [9.17, 15) is 9.18 Å². The number of piperidine rings is 1. The number of nitrogens with zero attached hydrogens (tertiary/aromatic N) is 1. The highest BCUT2D eigenvalue weighted by Crippen LogP contribution is 2.38. The monoisotopic (exact) mass is 384 g/mol. The summed E-state index contributed by atoms with van der Waals surface area (Å²) in [5.74, 6) is -0.0764. The Morgan fingerprint density at radius 1 is 1.41 bits per heavy atom. The molecule has 3 aromatic rings. The van der Waals surface area contributed by atoms with Crippen molar-refractivity contribution < 1.29 is 9.18 Å². The van der Waals surface area contributed by atoms with E-state index < -0.39 is 5.91 Å². The minimum atomic E-state index is -0.514. The number of fused-ring (bicyclic) bond motifs is 1. The van der Waals surface area contributed by atoms with Gasteiger partial charge in [-0.2, -0.15) is 0 Å². The van der Waals surface area contributed by atoms with Gasteiger partial charge in [-0.3, -0.25) is 4.79 Å². The highest BCUT2D eigenvalue weighted by molar-refractivity contribution is 7.22. The van der Waals surface area contributed by atoms with Gasteiger partial charge in [0.1, 0.15) is 11.6 Å². The summed E-state index contributed by atoms with van der Waals surface area (Å²) >= 11 is 1.43. The van der Waals surface area contributed by atoms with E-state index in [2.05, 4.69) is 22.5 Å². The van der Waals surface area contributed by atoms with Crippen LogP contribution in [0.15, 0.2) is 36.5 Å². The lowest BCUT2D eigenvalue weighted by atomic mass is 9.99. The number of hydrogen-bond donors (Lipinski definition) is 3. The van der Waals surface area contributed by atoms with Crippen LogP contribution in [0.25, 0.3) is 20.5 Å². The van der Waals surface area contributed by atoms with Crippen LogP contribution in [-0.2, 0) is 0 Å². The molecular formula is C20H21FN4OS. The molecule has 1 amide bonds. The molecule has 0 saturated carbocycles. The van der Waals surface area contributed by atoms with E-state index in [-0.39, 0.29) is 11.9 Å². The SMILES string of the molecule is CC1NCCCC1Nc1ncc(C(N)=O)c2sc(-c3cccc(F)c3)cc12. The lowest BCUT2D eigenvalue weighted by Crippen LogP contribution is -2.46. The fourth-order valence-corrected chi connectivity index (χ4v) is 4.69. The number of primary amides is 1. The van der Waals surface area contributed by atoms with E-state index in [1.165, 1.54) is 29.7 Å². The highest BCUT2D eigenvalue weighted by Gasteiger charge is 2.23. The van der Waals surface area contributed by atoms with Crippen LogP contribution in [0.3, 0.4) is 0 Å². The maximum Gasteiger partial charge on any atom is 0.251 e. The van der Waals surface area contributed by atoms with Gasteiger partial charge in [-0.05, 0) is 50.1 Å². The summed E-state index contributed by atoms with van der Waals surface area (Å²) in [6.07, 6.45) is 3.68. The molecule has 2 atom stereocenters. The summed E-state index contributed by atoms with van der Waals surface area (Å²) in [6, 6.07) is 8.97. The van der Waals surface area contributed by atoms with Crippen LogP contribution in [0.5, 0.6) is 0 Å². The largest absolute Gasteiger partial charge is 0.366 e. The van der Waals surface area contributed by atoms with Gasteiger partial charge in [0.25, 0.3) is 5.91 Å². The van der Waals surface area contributed by atoms with Gasteiger partial charge >= 0.3 is 0 Å². The third kappa shape index (κ3) is 3.52. The van der Waals surface area contributed by atoms with Crippen LogP contribution in [0.4, 0.5) is 10.2 Å². The number of hydrogen-bond acceptors (Lipinski definition) is 5. The molecule has 140 valence electrons. The van der Waals surface area contributed by atoms with Gasteiger partial charge in [0.2, 0.25) is 0 Å². The summed E-state index contributed by atoms with van der Waals surface area (Å²) in [5.41, 5.74) is 6.70. The predicted molar refractivity (Wildman–Crippen MR) is 108 cm³/mol. The molecule has 7 heteroatoms. The molecule has 1 aromatic carbocycles. The van der Waals surface area contributed by atoms with Crippen molar-refractivity contribution in [3.05, 3.63) is 47.9 Å². The zero-order valence-corrected chi connectivity index (χ0v) is 15.8. The van der Waals surface area contributed by atoms with E-state index in [1.807, 2.05) is 12.1 Å². The highest BCUT2D eigenvalue weighted by atomic mass is 32.1. The molecule has 1 saturated heterocycles. The number of pyridine rings is 1. The van der Waals surface area contributed by atoms with Crippen LogP contribution in [0, 0.1) is 5.82 Å². The summed E-state index contributed by atoms with van der Waals surface area (Å²) < 4.78 is 14.4. The zero-order chi connectivity index (χ0) is 19.0. The summed E-state index contributed by atoms with van der Waals surface area (Å²) in [4.78, 5) is 17.2. The van der Waals surface area contributed by atoms with Crippen LogP contribution in [0.1, 0.15) is 30.1 Å². The Kier molecular flexibility index (Phi) is 4.80. The quantitative estimate of drug-likeness (QED) is 0.640. The molecule has 5 nitrogen and oxygen atoms in total. The fourth-order valence-electron chi connectivity index (χ4n) is 3.52. The number of carbonyl (C=O) groups is 1. The topological polar surface area (TPSA) is 80.0 Å². The molecule has 4 N–H and O–H groups in total. The summed E-state index contributed by atoms with van der Waals surface area (Å²) in [6.45, 7) is 3.17. The Bertz CT molecular complexity index is 1000. The smallest absolute Gasteiger partial charge is 0.251 e. The number of halogens is 1. The lowest BCUT2D eigenvalue weighted by Gasteiger charge is -2.31. The van der Waals surface area contributed by atoms with E-state index in [1.54, 1.807) is 6.07 Å². The van der Waals surface area contributed by atoms with Crippen molar-refractivity contribution in [3.63, 3.8) is 0 Å². The van der Waals surface area contributed by atoms with Crippen molar-refractivity contribution >= 4 is 33.1 Å². The van der Waals surface area contributed by atoms with Gasteiger partial charge in [-0.1, -0.05) is 12.1 Å². The first kappa shape index (κ1) is 17.9. The standard InChI is InChI=1S/C20H21FN4OS/c1-11-16(6-3-7-23-11)25-20-14-9-17(12-4-2-5-13(21)8-12)27-18(14)15(10-24-20)19(22)26/h2,4-5,8-11,16,23H,3,6-7H2,1H3,(H2,22,26)(H,24,25). The van der Waals surface area contributed by atoms with Crippen LogP contribution >= 0.6 is 11.3 Å². The van der Waals surface area contributed by atoms with Gasteiger partial charge in [0.05, 0.1) is 10.3 Å². The van der Waals surface area contributed by atoms with Crippen molar-refractivity contribution in [1.82, 2.24) is 10.3 Å². The van der Waals surface area contributed by atoms with Crippen LogP contribution in [-0.4, -0.2) is 29.5 Å². The molecular weight excluding hydrogens is 363 g/mol. The number of carbonyl (C=O) groups excluding carboxylic acids is 1. The molecule has 4 rings (SSSR count). The van der Waals surface area contributed by atoms with Gasteiger partial charge in [-0.25, -0.2) is 9.37 Å². The number of thiophene rings is 1. The molecule has 0 bridgehead atoms. The van der Waals surface area contributed by atoms with E-state index in [0.29, 0.717) is 11.6 Å². The lowest BCUT2D eigenvalue weighted by molar-refractivity contribution is 0.100. The number of rotatable bonds is 4. The second-order valence-electron chi connectivity index (χ2n) is 6.88. The van der Waals surface area contributed by atoms with E-state index >= 15 is 0 Å². The predicted octanol–water partition coefficient (Wildman–Crippen LogP) is 3.75. The fraction of sp³-hybridized carbons (Fsp3) is 0.300. The van der Waals surface area contributed by atoms with E-state index in [0.717, 1.165) is 45.7 Å². The first-order valence-electron chi connectivity index (χ1n) is 9.01. The minimum absolute atomic E-state index is 0.256. The molecule has 2 aromatic heterocycles. The van der Waals surface area contributed by atoms with Crippen LogP contribution < -0.4 is 16.4 Å². The molecule has 0 spiro atoms. The first-order chi connectivity index (χ1) is 13.0. The summed E-state index contributed by atoms with van der Waals surface area (Å²) in [7, 11) is 0. The molecule has 1 fully saturated rings. The number of nitrogens with one attached hydrogen (secondary N) is 2. The molecule has 3 heterocycles. The van der Waals surface area contributed by atoms with Crippen molar-refractivity contribution in [2.24, 2.45) is 5.73 Å².